The van der Waals surface area contributed by atoms with Crippen LogP contribution in [0.25, 0.3) is 0 Å². The van der Waals surface area contributed by atoms with Crippen LogP contribution in [0.2, 0.25) is 10.0 Å². The van der Waals surface area contributed by atoms with Crippen LogP contribution in [-0.2, 0) is 14.3 Å². The molecular weight excluding hydrogens is 377 g/mol. The summed E-state index contributed by atoms with van der Waals surface area (Å²) in [4.78, 5) is 25.5. The van der Waals surface area contributed by atoms with Gasteiger partial charge in [-0.25, -0.2) is 0 Å². The number of rotatable bonds is 5. The minimum atomic E-state index is -0.299. The number of benzene rings is 1. The lowest BCUT2D eigenvalue weighted by molar-refractivity contribution is -0.134. The molecule has 0 aliphatic carbocycles. The van der Waals surface area contributed by atoms with Crippen molar-refractivity contribution in [2.24, 2.45) is 0 Å². The third kappa shape index (κ3) is 6.45. The summed E-state index contributed by atoms with van der Waals surface area (Å²) >= 11 is 11.7. The highest BCUT2D eigenvalue weighted by Crippen LogP contribution is 2.24. The largest absolute Gasteiger partial charge is 0.378 e. The van der Waals surface area contributed by atoms with E-state index < -0.39 is 0 Å². The van der Waals surface area contributed by atoms with Gasteiger partial charge in [0.25, 0.3) is 0 Å². The average molecular weight is 397 g/mol. The smallest absolute Gasteiger partial charge is 0.243 e. The lowest BCUT2D eigenvalue weighted by Crippen LogP contribution is -2.45. The van der Waals surface area contributed by atoms with Gasteiger partial charge in [-0.3, -0.25) is 9.59 Å². The average Bonchev–Trinajstić information content (AvgIpc) is 2.51. The SMILES string of the molecule is CN(CC(=O)Nc1ccc(Cl)c(Cl)c1)C(=O)CC1COCCN1.Cl. The fourth-order valence-corrected chi connectivity index (χ4v) is 2.49. The Morgan fingerprint density at radius 3 is 2.75 bits per heavy atom. The molecule has 24 heavy (non-hydrogen) atoms. The quantitative estimate of drug-likeness (QED) is 0.800. The van der Waals surface area contributed by atoms with Crippen LogP contribution in [0, 0.1) is 0 Å². The molecule has 2 rings (SSSR count). The van der Waals surface area contributed by atoms with E-state index in [4.69, 9.17) is 27.9 Å². The van der Waals surface area contributed by atoms with Gasteiger partial charge in [0, 0.05) is 31.7 Å². The lowest BCUT2D eigenvalue weighted by Gasteiger charge is -2.25. The highest BCUT2D eigenvalue weighted by molar-refractivity contribution is 6.42. The molecule has 1 aliphatic rings. The summed E-state index contributed by atoms with van der Waals surface area (Å²) in [7, 11) is 1.60. The van der Waals surface area contributed by atoms with Crippen LogP contribution in [-0.4, -0.2) is 56.1 Å². The molecule has 0 radical (unpaired) electrons. The maximum atomic E-state index is 12.1. The number of morpholine rings is 1. The summed E-state index contributed by atoms with van der Waals surface area (Å²) < 4.78 is 5.31. The van der Waals surface area contributed by atoms with E-state index in [9.17, 15) is 9.59 Å². The number of carbonyl (C=O) groups is 2. The highest BCUT2D eigenvalue weighted by atomic mass is 35.5. The van der Waals surface area contributed by atoms with Crippen molar-refractivity contribution in [1.82, 2.24) is 10.2 Å². The molecule has 9 heteroatoms. The van der Waals surface area contributed by atoms with Crippen molar-refractivity contribution < 1.29 is 14.3 Å². The fourth-order valence-electron chi connectivity index (χ4n) is 2.20. The Bertz CT molecular complexity index is 580. The topological polar surface area (TPSA) is 70.7 Å². The summed E-state index contributed by atoms with van der Waals surface area (Å²) in [6, 6.07) is 4.81. The molecule has 2 amide bonds. The second-order valence-corrected chi connectivity index (χ2v) is 6.17. The molecule has 1 fully saturated rings. The first-order valence-corrected chi connectivity index (χ1v) is 8.01. The van der Waals surface area contributed by atoms with Crippen LogP contribution >= 0.6 is 35.6 Å². The van der Waals surface area contributed by atoms with Gasteiger partial charge in [-0.1, -0.05) is 23.2 Å². The minimum Gasteiger partial charge on any atom is -0.378 e. The van der Waals surface area contributed by atoms with Crippen LogP contribution in [0.15, 0.2) is 18.2 Å². The zero-order valence-corrected chi connectivity index (χ0v) is 15.5. The maximum absolute atomic E-state index is 12.1. The standard InChI is InChI=1S/C15H19Cl2N3O3.ClH/c1-20(15(22)7-11-9-23-5-4-18-11)8-14(21)19-10-2-3-12(16)13(17)6-10;/h2-3,6,11,18H,4-5,7-9H2,1H3,(H,19,21);1H. The molecule has 2 N–H and O–H groups in total. The van der Waals surface area contributed by atoms with Gasteiger partial charge in [-0.15, -0.1) is 12.4 Å². The van der Waals surface area contributed by atoms with Gasteiger partial charge >= 0.3 is 0 Å². The molecule has 1 aromatic rings. The zero-order valence-electron chi connectivity index (χ0n) is 13.2. The molecule has 1 heterocycles. The van der Waals surface area contributed by atoms with Gasteiger partial charge in [-0.2, -0.15) is 0 Å². The van der Waals surface area contributed by atoms with Crippen molar-refractivity contribution >= 4 is 53.1 Å². The number of hydrogen-bond acceptors (Lipinski definition) is 4. The van der Waals surface area contributed by atoms with Gasteiger partial charge in [-0.05, 0) is 18.2 Å². The molecule has 6 nitrogen and oxygen atoms in total. The predicted octanol–water partition coefficient (Wildman–Crippen LogP) is 2.19. The van der Waals surface area contributed by atoms with Gasteiger partial charge in [0.2, 0.25) is 11.8 Å². The lowest BCUT2D eigenvalue weighted by atomic mass is 10.2. The molecule has 1 saturated heterocycles. The first-order chi connectivity index (χ1) is 11.0. The van der Waals surface area contributed by atoms with Crippen LogP contribution in [0.4, 0.5) is 5.69 Å². The first-order valence-electron chi connectivity index (χ1n) is 7.25. The molecule has 1 unspecified atom stereocenters. The van der Waals surface area contributed by atoms with E-state index in [0.29, 0.717) is 35.4 Å². The number of likely N-dealkylation sites (N-methyl/N-ethyl adjacent to an activating group) is 1. The number of carbonyl (C=O) groups excluding carboxylic acids is 2. The van der Waals surface area contributed by atoms with Gasteiger partial charge < -0.3 is 20.3 Å². The number of anilines is 1. The van der Waals surface area contributed by atoms with E-state index >= 15 is 0 Å². The van der Waals surface area contributed by atoms with E-state index in [0.717, 1.165) is 6.54 Å². The second-order valence-electron chi connectivity index (χ2n) is 5.36. The molecule has 0 aromatic heterocycles. The van der Waals surface area contributed by atoms with Gasteiger partial charge in [0.05, 0.1) is 29.8 Å². The summed E-state index contributed by atoms with van der Waals surface area (Å²) in [6.07, 6.45) is 0.302. The van der Waals surface area contributed by atoms with E-state index in [1.54, 1.807) is 25.2 Å². The Kier molecular flexibility index (Phi) is 8.80. The van der Waals surface area contributed by atoms with Gasteiger partial charge in [0.1, 0.15) is 0 Å². The summed E-state index contributed by atoms with van der Waals surface area (Å²) in [5.74, 6) is -0.413. The predicted molar refractivity (Wildman–Crippen MR) is 97.2 cm³/mol. The van der Waals surface area contributed by atoms with Crippen LogP contribution in [0.1, 0.15) is 6.42 Å². The van der Waals surface area contributed by atoms with E-state index in [2.05, 4.69) is 10.6 Å². The molecule has 1 aliphatic heterocycles. The summed E-state index contributed by atoms with van der Waals surface area (Å²) in [5, 5.41) is 6.67. The van der Waals surface area contributed by atoms with Crippen molar-refractivity contribution in [3.05, 3.63) is 28.2 Å². The normalized spacial score (nSPS) is 16.9. The third-order valence-electron chi connectivity index (χ3n) is 3.43. The molecule has 0 bridgehead atoms. The van der Waals surface area contributed by atoms with E-state index in [1.807, 2.05) is 0 Å². The van der Waals surface area contributed by atoms with Crippen molar-refractivity contribution in [3.63, 3.8) is 0 Å². The first kappa shape index (κ1) is 21.0. The Balaban J connectivity index is 0.00000288. The minimum absolute atomic E-state index is 0. The van der Waals surface area contributed by atoms with Crippen molar-refractivity contribution in [2.45, 2.75) is 12.5 Å². The second kappa shape index (κ2) is 10.1. The number of halogens is 3. The maximum Gasteiger partial charge on any atom is 0.243 e. The van der Waals surface area contributed by atoms with Crippen molar-refractivity contribution in [3.8, 4) is 0 Å². The van der Waals surface area contributed by atoms with Crippen LogP contribution < -0.4 is 10.6 Å². The van der Waals surface area contributed by atoms with E-state index in [-0.39, 0.29) is 36.8 Å². The molecule has 134 valence electrons. The fraction of sp³-hybridized carbons (Fsp3) is 0.467. The Morgan fingerprint density at radius 1 is 1.38 bits per heavy atom. The molecular formula is C15H20Cl3N3O3. The molecule has 0 saturated carbocycles. The van der Waals surface area contributed by atoms with Crippen LogP contribution in [0.3, 0.4) is 0 Å². The number of hydrogen-bond donors (Lipinski definition) is 2. The van der Waals surface area contributed by atoms with Gasteiger partial charge in [0.15, 0.2) is 0 Å². The molecule has 1 aromatic carbocycles. The van der Waals surface area contributed by atoms with Crippen molar-refractivity contribution in [1.29, 1.82) is 0 Å². The third-order valence-corrected chi connectivity index (χ3v) is 4.17. The van der Waals surface area contributed by atoms with Crippen molar-refractivity contribution in [2.75, 3.05) is 38.7 Å². The zero-order chi connectivity index (χ0) is 16.8. The number of nitrogens with one attached hydrogen (secondary N) is 2. The van der Waals surface area contributed by atoms with E-state index in [1.165, 1.54) is 4.90 Å². The number of ether oxygens (including phenoxy) is 1. The molecule has 1 atom stereocenters. The Hall–Kier alpha value is -1.05. The van der Waals surface area contributed by atoms with Crippen LogP contribution in [0.5, 0.6) is 0 Å². The summed E-state index contributed by atoms with van der Waals surface area (Å²) in [5.41, 5.74) is 0.535. The Labute approximate surface area is 157 Å². The molecule has 0 spiro atoms. The number of amides is 2. The highest BCUT2D eigenvalue weighted by Gasteiger charge is 2.20. The Morgan fingerprint density at radius 2 is 2.12 bits per heavy atom. The number of nitrogens with zero attached hydrogens (tertiary/aromatic N) is 1. The monoisotopic (exact) mass is 395 g/mol. The summed E-state index contributed by atoms with van der Waals surface area (Å²) in [6.45, 7) is 1.87.